The Bertz CT molecular complexity index is 195. The maximum atomic E-state index is 10.8. The molecule has 0 aliphatic carbocycles. The second kappa shape index (κ2) is 5.39. The third kappa shape index (κ3) is 3.28. The van der Waals surface area contributed by atoms with E-state index in [4.69, 9.17) is 20.9 Å². The summed E-state index contributed by atoms with van der Waals surface area (Å²) < 4.78 is 0. The van der Waals surface area contributed by atoms with Gasteiger partial charge >= 0.3 is 13.1 Å². The van der Waals surface area contributed by atoms with Gasteiger partial charge in [0.2, 0.25) is 0 Å². The predicted octanol–water partition coefficient (Wildman–Crippen LogP) is -0.285. The largest absolute Gasteiger partial charge is 0.480 e. The predicted molar refractivity (Wildman–Crippen MR) is 60.6 cm³/mol. The molecule has 76 valence electrons. The number of carboxylic acid groups (broad SMARTS) is 1. The summed E-state index contributed by atoms with van der Waals surface area (Å²) in [6.45, 7) is 1.39. The Morgan fingerprint density at radius 2 is 2.23 bits per heavy atom. The van der Waals surface area contributed by atoms with Crippen LogP contribution in [-0.4, -0.2) is 39.5 Å². The Hall–Kier alpha value is 0.495. The van der Waals surface area contributed by atoms with Crippen LogP contribution in [0.5, 0.6) is 0 Å². The van der Waals surface area contributed by atoms with E-state index in [9.17, 15) is 4.79 Å². The van der Waals surface area contributed by atoms with Crippen LogP contribution in [-0.2, 0) is 4.79 Å². The van der Waals surface area contributed by atoms with E-state index in [0.29, 0.717) is 0 Å². The highest BCUT2D eigenvalue weighted by atomic mass is 127. The van der Waals surface area contributed by atoms with E-state index >= 15 is 0 Å². The highest BCUT2D eigenvalue weighted by molar-refractivity contribution is 14.2. The van der Waals surface area contributed by atoms with Crippen LogP contribution in [0.3, 0.4) is 0 Å². The number of aliphatic carboxylic acids is 1. The smallest absolute Gasteiger partial charge is 0.457 e. The van der Waals surface area contributed by atoms with Gasteiger partial charge in [0.05, 0.1) is 0 Å². The van der Waals surface area contributed by atoms with Crippen molar-refractivity contribution in [3.05, 3.63) is 0 Å². The maximum Gasteiger partial charge on any atom is 0.457 e. The third-order valence-corrected chi connectivity index (χ3v) is 3.47. The van der Waals surface area contributed by atoms with Crippen molar-refractivity contribution in [1.82, 2.24) is 0 Å². The number of hydrogen-bond acceptors (Lipinski definition) is 5. The van der Waals surface area contributed by atoms with Crippen molar-refractivity contribution in [2.75, 3.05) is 5.75 Å². The number of rotatable bonds is 5. The van der Waals surface area contributed by atoms with E-state index < -0.39 is 24.4 Å². The number of carboxylic acids is 1. The molecule has 5 N–H and O–H groups in total. The first-order valence-corrected chi connectivity index (χ1v) is 7.01. The van der Waals surface area contributed by atoms with E-state index in [1.54, 1.807) is 0 Å². The van der Waals surface area contributed by atoms with E-state index in [1.165, 1.54) is 15.9 Å². The molecule has 0 aromatic rings. The minimum Gasteiger partial charge on any atom is -0.480 e. The molecule has 0 heterocycles. The normalized spacial score (nSPS) is 17.6. The fourth-order valence-corrected chi connectivity index (χ4v) is 2.86. The van der Waals surface area contributed by atoms with Crippen LogP contribution in [0.25, 0.3) is 0 Å². The second-order valence-corrected chi connectivity index (χ2v) is 5.18. The molecule has 0 fully saturated rings. The quantitative estimate of drug-likeness (QED) is 0.410. The zero-order chi connectivity index (χ0) is 10.6. The van der Waals surface area contributed by atoms with Gasteiger partial charge in [-0.3, -0.25) is 4.79 Å². The van der Waals surface area contributed by atoms with Crippen molar-refractivity contribution < 1.29 is 19.9 Å². The number of halogens is 1. The highest BCUT2D eigenvalue weighted by Crippen LogP contribution is 2.28. The summed E-state index contributed by atoms with van der Waals surface area (Å²) in [6.07, 6.45) is 0. The van der Waals surface area contributed by atoms with Gasteiger partial charge in [-0.2, -0.15) is 0 Å². The van der Waals surface area contributed by atoms with E-state index in [2.05, 4.69) is 0 Å². The average molecular weight is 319 g/mol. The van der Waals surface area contributed by atoms with Crippen LogP contribution in [0.1, 0.15) is 6.92 Å². The first-order chi connectivity index (χ1) is 5.86. The van der Waals surface area contributed by atoms with Gasteiger partial charge in [-0.1, -0.05) is 15.9 Å². The molecule has 0 saturated heterocycles. The molecule has 0 amide bonds. The first-order valence-electron chi connectivity index (χ1n) is 3.48. The molecule has 0 aliphatic heterocycles. The van der Waals surface area contributed by atoms with Crippen LogP contribution in [0, 0.1) is 0 Å². The number of hydrogen-bond donors (Lipinski definition) is 4. The summed E-state index contributed by atoms with van der Waals surface area (Å²) in [6, 6.07) is 0. The number of nitrogens with two attached hydrogens (primary N) is 1. The lowest BCUT2D eigenvalue weighted by molar-refractivity contribution is -0.142. The molecule has 0 bridgehead atoms. The summed E-state index contributed by atoms with van der Waals surface area (Å²) in [5, 5.41) is 26.5. The Labute approximate surface area is 92.8 Å². The topological polar surface area (TPSA) is 104 Å². The Kier molecular flexibility index (Phi) is 5.60. The monoisotopic (exact) mass is 319 g/mol. The van der Waals surface area contributed by atoms with Gasteiger partial charge in [-0.05, 0) is 21.2 Å². The molecule has 2 unspecified atom stereocenters. The van der Waals surface area contributed by atoms with Gasteiger partial charge in [0.15, 0.2) is 0 Å². The van der Waals surface area contributed by atoms with E-state index in [0.717, 1.165) is 0 Å². The molecule has 13 heavy (non-hydrogen) atoms. The molecule has 0 spiro atoms. The Morgan fingerprint density at radius 3 is 2.46 bits per heavy atom. The molecule has 0 rings (SSSR count). The first kappa shape index (κ1) is 13.5. The summed E-state index contributed by atoms with van der Waals surface area (Å²) in [7, 11) is -0.493. The van der Waals surface area contributed by atoms with Crippen molar-refractivity contribution in [3.63, 3.8) is 0 Å². The zero-order valence-electron chi connectivity index (χ0n) is 6.98. The molecule has 2 atom stereocenters. The van der Waals surface area contributed by atoms with Crippen molar-refractivity contribution in [1.29, 1.82) is 0 Å². The minimum absolute atomic E-state index is 0.127. The fourth-order valence-electron chi connectivity index (χ4n) is 0.744. The van der Waals surface area contributed by atoms with Crippen LogP contribution in [0.2, 0.25) is 5.82 Å². The van der Waals surface area contributed by atoms with Gasteiger partial charge in [0, 0.05) is 11.6 Å². The molecule has 0 aliphatic rings. The lowest BCUT2D eigenvalue weighted by Gasteiger charge is -2.29. The van der Waals surface area contributed by atoms with Gasteiger partial charge in [-0.25, -0.2) is 0 Å². The van der Waals surface area contributed by atoms with Crippen LogP contribution >= 0.6 is 30.1 Å². The molecule has 5 nitrogen and oxygen atoms in total. The molecular weight excluding hydrogens is 308 g/mol. The standard InChI is InChI=1S/C5H11BINO4S/c1-3(6(11)12)5(8,2-13-7)4(9)10/h3,11-12H,2,8H2,1H3,(H,9,10). The lowest BCUT2D eigenvalue weighted by atomic mass is 9.64. The number of carbonyl (C=O) groups is 1. The molecule has 8 heteroatoms. The highest BCUT2D eigenvalue weighted by Gasteiger charge is 2.45. The van der Waals surface area contributed by atoms with Gasteiger partial charge in [-0.15, -0.1) is 0 Å². The van der Waals surface area contributed by atoms with Crippen LogP contribution in [0.4, 0.5) is 0 Å². The summed E-state index contributed by atoms with van der Waals surface area (Å²) >= 11 is 1.91. The molecule has 0 aromatic carbocycles. The maximum absolute atomic E-state index is 10.8. The van der Waals surface area contributed by atoms with Gasteiger partial charge in [0.25, 0.3) is 0 Å². The molecule has 0 aromatic heterocycles. The summed E-state index contributed by atoms with van der Waals surface area (Å²) in [5.74, 6) is -2.01. The Morgan fingerprint density at radius 1 is 1.77 bits per heavy atom. The fraction of sp³-hybridized carbons (Fsp3) is 0.800. The molecule has 0 saturated carbocycles. The Balaban J connectivity index is 4.67. The van der Waals surface area contributed by atoms with Crippen LogP contribution < -0.4 is 5.73 Å². The van der Waals surface area contributed by atoms with E-state index in [-0.39, 0.29) is 5.75 Å². The summed E-state index contributed by atoms with van der Waals surface area (Å²) in [5.41, 5.74) is 3.95. The van der Waals surface area contributed by atoms with Crippen molar-refractivity contribution in [2.24, 2.45) is 5.73 Å². The zero-order valence-corrected chi connectivity index (χ0v) is 9.95. The van der Waals surface area contributed by atoms with Gasteiger partial charge in [0.1, 0.15) is 5.54 Å². The summed E-state index contributed by atoms with van der Waals surface area (Å²) in [4.78, 5) is 10.8. The van der Waals surface area contributed by atoms with Crippen molar-refractivity contribution >= 4 is 43.2 Å². The molecule has 0 radical (unpaired) electrons. The third-order valence-electron chi connectivity index (χ3n) is 1.95. The lowest BCUT2D eigenvalue weighted by Crippen LogP contribution is -2.56. The van der Waals surface area contributed by atoms with Crippen molar-refractivity contribution in [2.45, 2.75) is 18.3 Å². The van der Waals surface area contributed by atoms with E-state index in [1.807, 2.05) is 21.2 Å². The van der Waals surface area contributed by atoms with Crippen molar-refractivity contribution in [3.8, 4) is 0 Å². The van der Waals surface area contributed by atoms with Crippen LogP contribution in [0.15, 0.2) is 0 Å². The SMILES string of the molecule is CC(B(O)O)C(N)(CSI)C(=O)O. The minimum atomic E-state index is -1.72. The molecular formula is C5H11BINO4S. The average Bonchev–Trinajstić information content (AvgIpc) is 2.02. The van der Waals surface area contributed by atoms with Gasteiger partial charge < -0.3 is 20.9 Å². The second-order valence-electron chi connectivity index (χ2n) is 2.80.